The summed E-state index contributed by atoms with van der Waals surface area (Å²) < 4.78 is 44.3. The van der Waals surface area contributed by atoms with Crippen LogP contribution in [-0.2, 0) is 17.6 Å². The molecule has 0 aliphatic heterocycles. The predicted octanol–water partition coefficient (Wildman–Crippen LogP) is 7.32. The van der Waals surface area contributed by atoms with Crippen LogP contribution in [0.15, 0.2) is 79.0 Å². The zero-order valence-corrected chi connectivity index (χ0v) is 19.6. The highest BCUT2D eigenvalue weighted by Gasteiger charge is 2.30. The number of carbonyl (C=O) groups is 1. The summed E-state index contributed by atoms with van der Waals surface area (Å²) in [5, 5.41) is 10.1. The molecule has 4 aromatic rings. The fourth-order valence-corrected chi connectivity index (χ4v) is 4.61. The maximum Gasteiger partial charge on any atom is 0.416 e. The van der Waals surface area contributed by atoms with Crippen molar-refractivity contribution in [3.63, 3.8) is 0 Å². The molecular weight excluding hydrogens is 475 g/mol. The van der Waals surface area contributed by atoms with Gasteiger partial charge in [0.1, 0.15) is 17.4 Å². The zero-order chi connectivity index (χ0) is 25.0. The Kier molecular flexibility index (Phi) is 7.21. The van der Waals surface area contributed by atoms with E-state index in [1.54, 1.807) is 18.3 Å². The summed E-state index contributed by atoms with van der Waals surface area (Å²) in [7, 11) is 0. The van der Waals surface area contributed by atoms with Gasteiger partial charge in [-0.3, -0.25) is 4.79 Å². The van der Waals surface area contributed by atoms with Gasteiger partial charge in [0, 0.05) is 17.0 Å². The van der Waals surface area contributed by atoms with Gasteiger partial charge in [-0.25, -0.2) is 4.98 Å². The first-order valence-corrected chi connectivity index (χ1v) is 11.6. The molecule has 1 aromatic heterocycles. The SMILES string of the molecule is Cc1cnc(C(CC(=O)O)c2ccc(OCc3cccc(-c4ccc(C(F)(F)F)cc4)c3)cc2)s1. The number of halogens is 3. The smallest absolute Gasteiger partial charge is 0.416 e. The van der Waals surface area contributed by atoms with Gasteiger partial charge in [-0.05, 0) is 59.5 Å². The lowest BCUT2D eigenvalue weighted by molar-refractivity contribution is -0.138. The molecule has 0 saturated carbocycles. The van der Waals surface area contributed by atoms with Crippen LogP contribution in [0.5, 0.6) is 5.75 Å². The van der Waals surface area contributed by atoms with Crippen molar-refractivity contribution in [1.29, 1.82) is 0 Å². The van der Waals surface area contributed by atoms with Gasteiger partial charge in [-0.1, -0.05) is 42.5 Å². The Hall–Kier alpha value is -3.65. The number of alkyl halides is 3. The highest BCUT2D eigenvalue weighted by molar-refractivity contribution is 7.11. The van der Waals surface area contributed by atoms with E-state index in [9.17, 15) is 23.1 Å². The fraction of sp³-hybridized carbons (Fsp3) is 0.185. The van der Waals surface area contributed by atoms with E-state index in [-0.39, 0.29) is 18.9 Å². The van der Waals surface area contributed by atoms with Crippen LogP contribution in [0.25, 0.3) is 11.1 Å². The fourth-order valence-electron chi connectivity index (χ4n) is 3.71. The molecule has 0 bridgehead atoms. The minimum Gasteiger partial charge on any atom is -0.489 e. The van der Waals surface area contributed by atoms with E-state index in [0.717, 1.165) is 38.7 Å². The Labute approximate surface area is 204 Å². The van der Waals surface area contributed by atoms with Crippen LogP contribution in [0.3, 0.4) is 0 Å². The first kappa shape index (κ1) is 24.5. The van der Waals surface area contributed by atoms with Crippen molar-refractivity contribution in [2.45, 2.75) is 32.0 Å². The minimum absolute atomic E-state index is 0.0517. The van der Waals surface area contributed by atoms with Crippen molar-refractivity contribution < 1.29 is 27.8 Å². The summed E-state index contributed by atoms with van der Waals surface area (Å²) in [5.74, 6) is -0.602. The lowest BCUT2D eigenvalue weighted by atomic mass is 9.96. The molecule has 0 amide bonds. The Morgan fingerprint density at radius 1 is 1.03 bits per heavy atom. The molecule has 0 aliphatic carbocycles. The summed E-state index contributed by atoms with van der Waals surface area (Å²) in [6, 6.07) is 19.8. The second kappa shape index (κ2) is 10.3. The summed E-state index contributed by atoms with van der Waals surface area (Å²) in [4.78, 5) is 16.8. The number of thiazole rings is 1. The Morgan fingerprint density at radius 2 is 1.74 bits per heavy atom. The molecule has 3 aromatic carbocycles. The number of hydrogen-bond donors (Lipinski definition) is 1. The van der Waals surface area contributed by atoms with Crippen LogP contribution < -0.4 is 4.74 Å². The van der Waals surface area contributed by atoms with Crippen molar-refractivity contribution in [3.05, 3.63) is 106 Å². The van der Waals surface area contributed by atoms with Crippen LogP contribution >= 0.6 is 11.3 Å². The standard InChI is InChI=1S/C27H22F3NO3S/c1-17-15-31-26(35-17)24(14-25(32)33)20-7-11-23(12-8-20)34-16-18-3-2-4-21(13-18)19-5-9-22(10-6-19)27(28,29)30/h2-13,15,24H,14,16H2,1H3,(H,32,33). The van der Waals surface area contributed by atoms with E-state index in [1.165, 1.54) is 23.5 Å². The third kappa shape index (κ3) is 6.27. The molecule has 0 aliphatic rings. The highest BCUT2D eigenvalue weighted by atomic mass is 32.1. The molecule has 0 radical (unpaired) electrons. The van der Waals surface area contributed by atoms with Crippen molar-refractivity contribution in [1.82, 2.24) is 4.98 Å². The minimum atomic E-state index is -4.36. The van der Waals surface area contributed by atoms with E-state index >= 15 is 0 Å². The molecule has 180 valence electrons. The monoisotopic (exact) mass is 497 g/mol. The third-order valence-electron chi connectivity index (χ3n) is 5.48. The first-order valence-electron chi connectivity index (χ1n) is 10.8. The van der Waals surface area contributed by atoms with Crippen molar-refractivity contribution in [3.8, 4) is 16.9 Å². The average molecular weight is 498 g/mol. The number of ether oxygens (including phenoxy) is 1. The Bertz CT molecular complexity index is 1300. The van der Waals surface area contributed by atoms with Gasteiger partial charge in [0.2, 0.25) is 0 Å². The highest BCUT2D eigenvalue weighted by Crippen LogP contribution is 2.33. The van der Waals surface area contributed by atoms with Crippen LogP contribution in [0.2, 0.25) is 0 Å². The summed E-state index contributed by atoms with van der Waals surface area (Å²) in [6.45, 7) is 2.21. The number of benzene rings is 3. The lowest BCUT2D eigenvalue weighted by Crippen LogP contribution is -2.07. The number of aromatic nitrogens is 1. The molecule has 4 rings (SSSR count). The summed E-state index contributed by atoms with van der Waals surface area (Å²) in [5.41, 5.74) is 2.52. The molecule has 0 saturated heterocycles. The first-order chi connectivity index (χ1) is 16.7. The molecule has 1 N–H and O–H groups in total. The number of rotatable bonds is 8. The van der Waals surface area contributed by atoms with E-state index in [0.29, 0.717) is 11.3 Å². The number of aliphatic carboxylic acids is 1. The summed E-state index contributed by atoms with van der Waals surface area (Å²) >= 11 is 1.48. The van der Waals surface area contributed by atoms with Crippen molar-refractivity contribution >= 4 is 17.3 Å². The Balaban J connectivity index is 1.44. The number of carboxylic acid groups (broad SMARTS) is 1. The lowest BCUT2D eigenvalue weighted by Gasteiger charge is -2.14. The quantitative estimate of drug-likeness (QED) is 0.277. The van der Waals surface area contributed by atoms with Gasteiger partial charge >= 0.3 is 12.1 Å². The van der Waals surface area contributed by atoms with Gasteiger partial charge in [0.05, 0.1) is 12.0 Å². The molecule has 35 heavy (non-hydrogen) atoms. The molecule has 1 heterocycles. The Morgan fingerprint density at radius 3 is 2.34 bits per heavy atom. The molecule has 4 nitrogen and oxygen atoms in total. The van der Waals surface area contributed by atoms with Crippen LogP contribution in [0.4, 0.5) is 13.2 Å². The number of carboxylic acids is 1. The maximum absolute atomic E-state index is 12.8. The average Bonchev–Trinajstić information content (AvgIpc) is 3.27. The van der Waals surface area contributed by atoms with Crippen molar-refractivity contribution in [2.24, 2.45) is 0 Å². The van der Waals surface area contributed by atoms with E-state index in [4.69, 9.17) is 4.74 Å². The van der Waals surface area contributed by atoms with E-state index in [2.05, 4.69) is 4.98 Å². The molecule has 0 spiro atoms. The molecule has 1 atom stereocenters. The molecule has 0 fully saturated rings. The van der Waals surface area contributed by atoms with Crippen LogP contribution in [0.1, 0.15) is 38.9 Å². The van der Waals surface area contributed by atoms with Gasteiger partial charge in [-0.2, -0.15) is 13.2 Å². The predicted molar refractivity (Wildman–Crippen MR) is 129 cm³/mol. The second-order valence-corrected chi connectivity index (χ2v) is 9.36. The molecule has 1 unspecified atom stereocenters. The van der Waals surface area contributed by atoms with Gasteiger partial charge in [-0.15, -0.1) is 11.3 Å². The molecular formula is C27H22F3NO3S. The largest absolute Gasteiger partial charge is 0.489 e. The summed E-state index contributed by atoms with van der Waals surface area (Å²) in [6.07, 6.45) is -2.67. The topological polar surface area (TPSA) is 59.4 Å². The van der Waals surface area contributed by atoms with Crippen LogP contribution in [0, 0.1) is 6.92 Å². The normalized spacial score (nSPS) is 12.3. The zero-order valence-electron chi connectivity index (χ0n) is 18.8. The van der Waals surface area contributed by atoms with Gasteiger partial charge < -0.3 is 9.84 Å². The van der Waals surface area contributed by atoms with E-state index in [1.807, 2.05) is 43.3 Å². The van der Waals surface area contributed by atoms with Crippen molar-refractivity contribution in [2.75, 3.05) is 0 Å². The second-order valence-electron chi connectivity index (χ2n) is 8.09. The number of aryl methyl sites for hydroxylation is 1. The third-order valence-corrected chi connectivity index (χ3v) is 6.50. The van der Waals surface area contributed by atoms with E-state index < -0.39 is 17.7 Å². The van der Waals surface area contributed by atoms with Gasteiger partial charge in [0.15, 0.2) is 0 Å². The number of nitrogens with zero attached hydrogens (tertiary/aromatic N) is 1. The number of hydrogen-bond acceptors (Lipinski definition) is 4. The van der Waals surface area contributed by atoms with Crippen LogP contribution in [-0.4, -0.2) is 16.1 Å². The maximum atomic E-state index is 12.8. The molecule has 8 heteroatoms. The van der Waals surface area contributed by atoms with Gasteiger partial charge in [0.25, 0.3) is 0 Å².